The number of methoxy groups -OCH3 is 2. The molecular weight excluding hydrogens is 771 g/mol. The van der Waals surface area contributed by atoms with E-state index >= 15 is 0 Å². The van der Waals surface area contributed by atoms with Crippen molar-refractivity contribution in [1.82, 2.24) is 4.90 Å². The Morgan fingerprint density at radius 1 is 0.967 bits per heavy atom. The van der Waals surface area contributed by atoms with Gasteiger partial charge < -0.3 is 29.3 Å². The number of aliphatic hydroxyl groups is 2. The van der Waals surface area contributed by atoms with Crippen LogP contribution < -0.4 is 9.47 Å². The number of hydrogen-bond donors (Lipinski definition) is 2. The van der Waals surface area contributed by atoms with Crippen molar-refractivity contribution < 1.29 is 34.0 Å². The van der Waals surface area contributed by atoms with Gasteiger partial charge in [-0.25, -0.2) is 4.79 Å². The molecule has 2 fully saturated rings. The number of carbonyl (C=O) groups excluding carboxylic acids is 2. The first-order valence-corrected chi connectivity index (χ1v) is 22.9. The summed E-state index contributed by atoms with van der Waals surface area (Å²) in [6.07, 6.45) is 8.26. The van der Waals surface area contributed by atoms with Crippen LogP contribution in [0.1, 0.15) is 130 Å². The Hall–Kier alpha value is -4.18. The molecule has 2 bridgehead atoms. The number of nitrogens with zero attached hydrogens (tertiary/aromatic N) is 1. The number of fused-ring (bicyclic) bond motifs is 9. The number of rotatable bonds is 10. The third kappa shape index (κ3) is 9.19. The Morgan fingerprint density at radius 3 is 2.52 bits per heavy atom. The van der Waals surface area contributed by atoms with Crippen molar-refractivity contribution in [1.29, 1.82) is 0 Å². The van der Waals surface area contributed by atoms with Gasteiger partial charge >= 0.3 is 6.09 Å². The molecule has 0 saturated heterocycles. The van der Waals surface area contributed by atoms with E-state index < -0.39 is 23.2 Å². The molecule has 60 heavy (non-hydrogen) atoms. The second-order valence-corrected chi connectivity index (χ2v) is 19.8. The first kappa shape index (κ1) is 43.9. The van der Waals surface area contributed by atoms with Gasteiger partial charge in [-0.05, 0) is 135 Å². The van der Waals surface area contributed by atoms with Crippen LogP contribution in [0.5, 0.6) is 11.5 Å². The predicted molar refractivity (Wildman–Crippen MR) is 240 cm³/mol. The van der Waals surface area contributed by atoms with Crippen LogP contribution in [-0.2, 0) is 17.7 Å². The van der Waals surface area contributed by atoms with Gasteiger partial charge in [0.25, 0.3) is 0 Å². The number of hydrogen-bond acceptors (Lipinski definition) is 8. The van der Waals surface area contributed by atoms with Gasteiger partial charge in [0, 0.05) is 27.3 Å². The first-order valence-electron chi connectivity index (χ1n) is 22.1. The lowest BCUT2D eigenvalue weighted by Gasteiger charge is -2.46. The van der Waals surface area contributed by atoms with Gasteiger partial charge in [-0.3, -0.25) is 4.79 Å². The van der Waals surface area contributed by atoms with Crippen molar-refractivity contribution in [2.24, 2.45) is 23.2 Å². The summed E-state index contributed by atoms with van der Waals surface area (Å²) in [5.41, 5.74) is 2.37. The smallest absolute Gasteiger partial charge is 0.410 e. The Bertz CT molecular complexity index is 2160. The zero-order valence-electron chi connectivity index (χ0n) is 36.7. The van der Waals surface area contributed by atoms with Crippen molar-refractivity contribution in [3.05, 3.63) is 106 Å². The normalized spacial score (nSPS) is 27.2. The van der Waals surface area contributed by atoms with Crippen molar-refractivity contribution in [3.8, 4) is 11.5 Å². The van der Waals surface area contributed by atoms with Gasteiger partial charge in [-0.2, -0.15) is 0 Å². The topological polar surface area (TPSA) is 106 Å². The molecule has 0 unspecified atom stereocenters. The summed E-state index contributed by atoms with van der Waals surface area (Å²) < 4.78 is 18.9. The van der Waals surface area contributed by atoms with E-state index in [1.54, 1.807) is 19.1 Å². The highest BCUT2D eigenvalue weighted by molar-refractivity contribution is 7.21. The zero-order valence-corrected chi connectivity index (χ0v) is 37.5. The Labute approximate surface area is 360 Å². The molecule has 0 aliphatic heterocycles. The molecule has 0 radical (unpaired) electrons. The van der Waals surface area contributed by atoms with E-state index in [2.05, 4.69) is 52.8 Å². The van der Waals surface area contributed by atoms with Crippen molar-refractivity contribution >= 4 is 33.3 Å². The Kier molecular flexibility index (Phi) is 13.5. The largest absolute Gasteiger partial charge is 0.497 e. The molecule has 3 aromatic carbocycles. The second-order valence-electron chi connectivity index (χ2n) is 18.7. The van der Waals surface area contributed by atoms with Crippen LogP contribution in [0, 0.1) is 23.2 Å². The number of aliphatic hydroxyl groups excluding tert-OH is 1. The number of carbonyl (C=O) groups is 2. The summed E-state index contributed by atoms with van der Waals surface area (Å²) in [7, 11) is 3.23. The summed E-state index contributed by atoms with van der Waals surface area (Å²) in [5, 5.41) is 25.6. The molecule has 1 amide bonds. The van der Waals surface area contributed by atoms with Crippen LogP contribution in [0.3, 0.4) is 0 Å². The molecule has 1 heterocycles. The standard InChI is InChI=1S/C51H65NO7S/c1-32(2)40-20-15-34(4)25-45(40)59-49(55)52(30-37-17-19-39(57-6)29-44(37)58-7)31-51(56)24-22-43-41-21-16-35(26-38(53)18-14-33(3)11-10-23-50(43,51)5)27-42(41)48(54)47-28-36-12-8-9-13-46(36)60-47/h8-9,11-13,16-17,19,21,27-29,32,34,38,40,43,45,53,56H,10,14-15,18,20,22-26,30-31H2,1-7H3/t34-,38-,40+,43-,45-,50-,51+/m0/s1. The molecule has 322 valence electrons. The fraction of sp³-hybridized carbons (Fsp3) is 0.529. The van der Waals surface area contributed by atoms with E-state index in [4.69, 9.17) is 14.2 Å². The minimum atomic E-state index is -1.33. The minimum Gasteiger partial charge on any atom is -0.497 e. The predicted octanol–water partition coefficient (Wildman–Crippen LogP) is 11.3. The van der Waals surface area contributed by atoms with Crippen LogP contribution in [0.2, 0.25) is 0 Å². The summed E-state index contributed by atoms with van der Waals surface area (Å²) >= 11 is 1.50. The van der Waals surface area contributed by atoms with Crippen LogP contribution in [0.25, 0.3) is 10.1 Å². The van der Waals surface area contributed by atoms with Crippen molar-refractivity contribution in [2.75, 3.05) is 20.8 Å². The fourth-order valence-corrected chi connectivity index (χ4v) is 11.6. The van der Waals surface area contributed by atoms with Crippen molar-refractivity contribution in [2.45, 2.75) is 129 Å². The summed E-state index contributed by atoms with van der Waals surface area (Å²) in [6, 6.07) is 21.8. The monoisotopic (exact) mass is 835 g/mol. The molecule has 4 aliphatic rings. The number of allylic oxidation sites excluding steroid dienone is 2. The zero-order chi connectivity index (χ0) is 42.8. The van der Waals surface area contributed by atoms with E-state index in [-0.39, 0.29) is 36.8 Å². The summed E-state index contributed by atoms with van der Waals surface area (Å²) in [4.78, 5) is 31.9. The summed E-state index contributed by atoms with van der Waals surface area (Å²) in [5.74, 6) is 2.08. The number of ether oxygens (including phenoxy) is 3. The molecule has 0 spiro atoms. The summed E-state index contributed by atoms with van der Waals surface area (Å²) in [6.45, 7) is 11.2. The average Bonchev–Trinajstić information content (AvgIpc) is 3.77. The van der Waals surface area contributed by atoms with Gasteiger partial charge in [0.15, 0.2) is 0 Å². The molecule has 1 aromatic heterocycles. The Morgan fingerprint density at radius 2 is 1.77 bits per heavy atom. The van der Waals surface area contributed by atoms with Crippen molar-refractivity contribution in [3.63, 3.8) is 0 Å². The van der Waals surface area contributed by atoms with E-state index in [0.29, 0.717) is 72.3 Å². The maximum Gasteiger partial charge on any atom is 0.410 e. The highest BCUT2D eigenvalue weighted by Crippen LogP contribution is 2.59. The maximum absolute atomic E-state index is 14.8. The van der Waals surface area contributed by atoms with Gasteiger partial charge in [-0.15, -0.1) is 11.3 Å². The SMILES string of the molecule is COc1ccc(CN(C[C@]2(O)CC[C@H]3c4ccc(cc4C(=O)c4cc5ccccc5s4)C[C@@H](O)CCC(C)=CCC[C@@]32C)C(=O)O[C@H]2C[C@@H](C)CC[C@@H]2C(C)C)c(OC)c1. The van der Waals surface area contributed by atoms with Crippen LogP contribution in [-0.4, -0.2) is 65.6 Å². The lowest BCUT2D eigenvalue weighted by molar-refractivity contribution is -0.0877. The van der Waals surface area contributed by atoms with E-state index in [9.17, 15) is 19.8 Å². The van der Waals surface area contributed by atoms with Crippen LogP contribution in [0.15, 0.2) is 78.4 Å². The highest BCUT2D eigenvalue weighted by Gasteiger charge is 2.58. The molecule has 2 N–H and O–H groups in total. The lowest BCUT2D eigenvalue weighted by atomic mass is 9.64. The number of benzene rings is 3. The molecule has 9 heteroatoms. The Balaban J connectivity index is 1.30. The fourth-order valence-electron chi connectivity index (χ4n) is 10.6. The van der Waals surface area contributed by atoms with Crippen LogP contribution in [0.4, 0.5) is 4.79 Å². The molecule has 4 aliphatic carbocycles. The third-order valence-electron chi connectivity index (χ3n) is 14.3. The molecule has 8 nitrogen and oxygen atoms in total. The molecule has 7 atom stereocenters. The number of thiophene rings is 1. The highest BCUT2D eigenvalue weighted by atomic mass is 32.1. The van der Waals surface area contributed by atoms with Gasteiger partial charge in [0.1, 0.15) is 17.6 Å². The minimum absolute atomic E-state index is 0.0404. The number of amides is 1. The second kappa shape index (κ2) is 18.4. The van der Waals surface area contributed by atoms with Crippen LogP contribution >= 0.6 is 11.3 Å². The first-order chi connectivity index (χ1) is 28.7. The van der Waals surface area contributed by atoms with Gasteiger partial charge in [0.05, 0.1) is 43.9 Å². The van der Waals surface area contributed by atoms with E-state index in [1.807, 2.05) is 54.6 Å². The van der Waals surface area contributed by atoms with E-state index in [0.717, 1.165) is 52.5 Å². The molecule has 8 rings (SSSR count). The average molecular weight is 836 g/mol. The maximum atomic E-state index is 14.8. The van der Waals surface area contributed by atoms with E-state index in [1.165, 1.54) is 16.9 Å². The molecule has 2 saturated carbocycles. The lowest BCUT2D eigenvalue weighted by Crippen LogP contribution is -2.54. The van der Waals surface area contributed by atoms with Gasteiger partial charge in [-0.1, -0.05) is 76.1 Å². The third-order valence-corrected chi connectivity index (χ3v) is 15.5. The van der Waals surface area contributed by atoms with Gasteiger partial charge in [0.2, 0.25) is 5.78 Å². The molecular formula is C51H65NO7S. The quantitative estimate of drug-likeness (QED) is 0.121. The number of ketones is 1. The molecule has 4 aromatic rings.